The first-order valence-electron chi connectivity index (χ1n) is 4.27. The molecule has 4 nitrogen and oxygen atoms in total. The van der Waals surface area contributed by atoms with Crippen molar-refractivity contribution in [2.24, 2.45) is 0 Å². The van der Waals surface area contributed by atoms with Gasteiger partial charge in [-0.1, -0.05) is 11.6 Å². The van der Waals surface area contributed by atoms with E-state index in [0.717, 1.165) is 0 Å². The van der Waals surface area contributed by atoms with Crippen molar-refractivity contribution in [1.82, 2.24) is 4.98 Å². The van der Waals surface area contributed by atoms with Gasteiger partial charge in [-0.2, -0.15) is 0 Å². The number of pyridine rings is 1. The predicted octanol–water partition coefficient (Wildman–Crippen LogP) is 2.31. The molecule has 0 atom stereocenters. The number of nitrogen functional groups attached to an aromatic ring is 1. The molecular weight excluding hydrogens is 235 g/mol. The monoisotopic (exact) mass is 240 g/mol. The number of nitrogens with zero attached hydrogens (tertiary/aromatic N) is 1. The molecule has 2 rings (SSSR count). The Balaban J connectivity index is 2.88. The second-order valence-electron chi connectivity index (χ2n) is 3.19. The van der Waals surface area contributed by atoms with Gasteiger partial charge in [0.05, 0.1) is 10.6 Å². The number of carboxylic acid groups (broad SMARTS) is 1. The second kappa shape index (κ2) is 3.61. The smallest absolute Gasteiger partial charge is 0.338 e. The molecule has 1 aromatic carbocycles. The zero-order valence-electron chi connectivity index (χ0n) is 7.87. The fourth-order valence-electron chi connectivity index (χ4n) is 1.40. The highest BCUT2D eigenvalue weighted by atomic mass is 35.5. The molecule has 0 amide bonds. The molecule has 0 aliphatic rings. The van der Waals surface area contributed by atoms with Gasteiger partial charge in [-0.05, 0) is 17.5 Å². The van der Waals surface area contributed by atoms with Crippen LogP contribution in [0.15, 0.2) is 18.3 Å². The molecular formula is C10H6ClFN2O2. The molecule has 0 saturated heterocycles. The van der Waals surface area contributed by atoms with Crippen molar-refractivity contribution in [3.8, 4) is 0 Å². The number of rotatable bonds is 1. The number of fused-ring (bicyclic) bond motifs is 1. The number of hydrogen-bond donors (Lipinski definition) is 2. The van der Waals surface area contributed by atoms with Crippen molar-refractivity contribution in [1.29, 1.82) is 0 Å². The molecule has 0 radical (unpaired) electrons. The lowest BCUT2D eigenvalue weighted by molar-refractivity contribution is 0.0692. The van der Waals surface area contributed by atoms with Crippen molar-refractivity contribution in [3.63, 3.8) is 0 Å². The molecule has 0 aliphatic heterocycles. The van der Waals surface area contributed by atoms with Crippen molar-refractivity contribution in [2.45, 2.75) is 0 Å². The highest BCUT2D eigenvalue weighted by molar-refractivity contribution is 6.36. The quantitative estimate of drug-likeness (QED) is 0.802. The first-order valence-corrected chi connectivity index (χ1v) is 4.65. The van der Waals surface area contributed by atoms with Crippen LogP contribution in [0.3, 0.4) is 0 Å². The van der Waals surface area contributed by atoms with E-state index in [4.69, 9.17) is 22.4 Å². The highest BCUT2D eigenvalue weighted by Gasteiger charge is 2.17. The van der Waals surface area contributed by atoms with Crippen LogP contribution in [0.1, 0.15) is 10.4 Å². The van der Waals surface area contributed by atoms with Crippen molar-refractivity contribution >= 4 is 34.2 Å². The summed E-state index contributed by atoms with van der Waals surface area (Å²) in [4.78, 5) is 14.5. The van der Waals surface area contributed by atoms with E-state index in [2.05, 4.69) is 4.98 Å². The summed E-state index contributed by atoms with van der Waals surface area (Å²) in [5, 5.41) is 9.28. The van der Waals surface area contributed by atoms with Crippen LogP contribution in [0, 0.1) is 5.82 Å². The lowest BCUT2D eigenvalue weighted by Gasteiger charge is -2.05. The minimum atomic E-state index is -1.38. The molecule has 2 aromatic rings. The molecule has 0 saturated carbocycles. The van der Waals surface area contributed by atoms with Gasteiger partial charge in [0.25, 0.3) is 0 Å². The SMILES string of the molecule is Nc1cc2cc(C(=O)O)c(F)c(Cl)c2cn1. The number of carboxylic acids is 1. The second-order valence-corrected chi connectivity index (χ2v) is 3.57. The van der Waals surface area contributed by atoms with Gasteiger partial charge in [-0.3, -0.25) is 0 Å². The third-order valence-electron chi connectivity index (χ3n) is 2.15. The Bertz CT molecular complexity index is 601. The van der Waals surface area contributed by atoms with Crippen LogP contribution in [-0.2, 0) is 0 Å². The van der Waals surface area contributed by atoms with Gasteiger partial charge < -0.3 is 10.8 Å². The number of halogens is 2. The van der Waals surface area contributed by atoms with Crippen molar-refractivity contribution in [2.75, 3.05) is 5.73 Å². The van der Waals surface area contributed by atoms with E-state index in [1.54, 1.807) is 0 Å². The highest BCUT2D eigenvalue weighted by Crippen LogP contribution is 2.29. The van der Waals surface area contributed by atoms with Gasteiger partial charge in [0.1, 0.15) is 5.82 Å². The van der Waals surface area contributed by atoms with E-state index in [9.17, 15) is 9.18 Å². The summed E-state index contributed by atoms with van der Waals surface area (Å²) in [5.74, 6) is -2.13. The fourth-order valence-corrected chi connectivity index (χ4v) is 1.66. The molecule has 0 bridgehead atoms. The normalized spacial score (nSPS) is 10.6. The zero-order valence-corrected chi connectivity index (χ0v) is 8.62. The average molecular weight is 241 g/mol. The molecule has 6 heteroatoms. The molecule has 1 heterocycles. The van der Waals surface area contributed by atoms with Crippen LogP contribution in [0.2, 0.25) is 5.02 Å². The van der Waals surface area contributed by atoms with Gasteiger partial charge in [-0.25, -0.2) is 14.2 Å². The number of benzene rings is 1. The van der Waals surface area contributed by atoms with E-state index in [1.807, 2.05) is 0 Å². The minimum Gasteiger partial charge on any atom is -0.478 e. The van der Waals surface area contributed by atoms with Crippen molar-refractivity contribution in [3.05, 3.63) is 34.7 Å². The van der Waals surface area contributed by atoms with Crippen LogP contribution in [-0.4, -0.2) is 16.1 Å². The third-order valence-corrected chi connectivity index (χ3v) is 2.52. The van der Waals surface area contributed by atoms with E-state index in [-0.39, 0.29) is 10.8 Å². The molecule has 16 heavy (non-hydrogen) atoms. The molecule has 3 N–H and O–H groups in total. The maximum atomic E-state index is 13.5. The number of aromatic carboxylic acids is 1. The number of anilines is 1. The summed E-state index contributed by atoms with van der Waals surface area (Å²) < 4.78 is 13.5. The maximum Gasteiger partial charge on any atom is 0.338 e. The summed E-state index contributed by atoms with van der Waals surface area (Å²) in [6, 6.07) is 2.62. The Hall–Kier alpha value is -1.88. The largest absolute Gasteiger partial charge is 0.478 e. The lowest BCUT2D eigenvalue weighted by atomic mass is 10.1. The first-order chi connectivity index (χ1) is 7.50. The van der Waals surface area contributed by atoms with E-state index >= 15 is 0 Å². The van der Waals surface area contributed by atoms with E-state index in [1.165, 1.54) is 18.3 Å². The topological polar surface area (TPSA) is 76.2 Å². The summed E-state index contributed by atoms with van der Waals surface area (Å²) in [6.07, 6.45) is 1.31. The van der Waals surface area contributed by atoms with Crippen LogP contribution in [0.25, 0.3) is 10.8 Å². The molecule has 0 spiro atoms. The molecule has 1 aromatic heterocycles. The first kappa shape index (κ1) is 10.6. The maximum absolute atomic E-state index is 13.5. The van der Waals surface area contributed by atoms with Crippen LogP contribution >= 0.6 is 11.6 Å². The standard InChI is InChI=1S/C10H6ClFN2O2/c11-8-6-3-14-7(13)2-4(6)1-5(9(8)12)10(15)16/h1-3H,(H2,13,14)(H,15,16). The van der Waals surface area contributed by atoms with Gasteiger partial charge >= 0.3 is 5.97 Å². The summed E-state index contributed by atoms with van der Waals surface area (Å²) in [5.41, 5.74) is 4.96. The summed E-state index contributed by atoms with van der Waals surface area (Å²) in [7, 11) is 0. The fraction of sp³-hybridized carbons (Fsp3) is 0. The minimum absolute atomic E-state index is 0.214. The van der Waals surface area contributed by atoms with Gasteiger partial charge in [0, 0.05) is 11.6 Å². The van der Waals surface area contributed by atoms with Crippen LogP contribution in [0.4, 0.5) is 10.2 Å². The predicted molar refractivity (Wildman–Crippen MR) is 58.1 cm³/mol. The number of nitrogens with two attached hydrogens (primary N) is 1. The summed E-state index contributed by atoms with van der Waals surface area (Å²) in [6.45, 7) is 0. The lowest BCUT2D eigenvalue weighted by Crippen LogP contribution is -2.02. The molecule has 0 fully saturated rings. The Labute approximate surface area is 94.5 Å². The van der Waals surface area contributed by atoms with Gasteiger partial charge in [0.2, 0.25) is 0 Å². The average Bonchev–Trinajstić information content (AvgIpc) is 2.22. The van der Waals surface area contributed by atoms with E-state index < -0.39 is 17.3 Å². The van der Waals surface area contributed by atoms with E-state index in [0.29, 0.717) is 10.8 Å². The Morgan fingerprint density at radius 1 is 1.50 bits per heavy atom. The van der Waals surface area contributed by atoms with Crippen molar-refractivity contribution < 1.29 is 14.3 Å². The Morgan fingerprint density at radius 3 is 2.81 bits per heavy atom. The zero-order chi connectivity index (χ0) is 11.9. The third kappa shape index (κ3) is 1.55. The Morgan fingerprint density at radius 2 is 2.19 bits per heavy atom. The van der Waals surface area contributed by atoms with Gasteiger partial charge in [-0.15, -0.1) is 0 Å². The number of carbonyl (C=O) groups is 1. The Kier molecular flexibility index (Phi) is 2.40. The molecule has 0 aliphatic carbocycles. The molecule has 0 unspecified atom stereocenters. The summed E-state index contributed by atoms with van der Waals surface area (Å²) >= 11 is 5.71. The number of aromatic nitrogens is 1. The number of hydrogen-bond acceptors (Lipinski definition) is 3. The van der Waals surface area contributed by atoms with Gasteiger partial charge in [0.15, 0.2) is 5.82 Å². The van der Waals surface area contributed by atoms with Crippen LogP contribution in [0.5, 0.6) is 0 Å². The molecule has 82 valence electrons. The van der Waals surface area contributed by atoms with Crippen LogP contribution < -0.4 is 5.73 Å².